The van der Waals surface area contributed by atoms with Gasteiger partial charge in [-0.3, -0.25) is 9.59 Å². The number of nitrogens with zero attached hydrogens (tertiary/aromatic N) is 2. The molecule has 0 radical (unpaired) electrons. The summed E-state index contributed by atoms with van der Waals surface area (Å²) in [5.41, 5.74) is 4.02. The Morgan fingerprint density at radius 3 is 2.48 bits per heavy atom. The number of benzene rings is 2. The van der Waals surface area contributed by atoms with Crippen LogP contribution in [0, 0.1) is 20.8 Å². The van der Waals surface area contributed by atoms with Crippen LogP contribution in [0.25, 0.3) is 5.69 Å². The van der Waals surface area contributed by atoms with E-state index in [1.54, 1.807) is 19.1 Å². The van der Waals surface area contributed by atoms with Gasteiger partial charge in [0.05, 0.1) is 5.69 Å². The van der Waals surface area contributed by atoms with E-state index in [-0.39, 0.29) is 17.3 Å². The van der Waals surface area contributed by atoms with Crippen molar-refractivity contribution in [2.75, 3.05) is 5.32 Å². The molecule has 0 bridgehead atoms. The van der Waals surface area contributed by atoms with E-state index in [0.717, 1.165) is 16.7 Å². The van der Waals surface area contributed by atoms with Crippen molar-refractivity contribution in [2.45, 2.75) is 33.8 Å². The fourth-order valence-electron chi connectivity index (χ4n) is 2.70. The van der Waals surface area contributed by atoms with Crippen molar-refractivity contribution >= 4 is 23.2 Å². The third-order valence-corrected chi connectivity index (χ3v) is 4.87. The molecule has 0 aliphatic carbocycles. The number of amides is 1. The largest absolute Gasteiger partial charge is 0.463 e. The average Bonchev–Trinajstić information content (AvgIpc) is 2.68. The summed E-state index contributed by atoms with van der Waals surface area (Å²) >= 11 is 6.00. The number of hydrogen-bond acceptors (Lipinski definition) is 4. The van der Waals surface area contributed by atoms with E-state index >= 15 is 0 Å². The highest BCUT2D eigenvalue weighted by atomic mass is 35.5. The maximum atomic E-state index is 12.5. The summed E-state index contributed by atoms with van der Waals surface area (Å²) in [6.45, 7) is 7.45. The Bertz CT molecular complexity index is 1120. The van der Waals surface area contributed by atoms with Crippen molar-refractivity contribution in [3.63, 3.8) is 0 Å². The van der Waals surface area contributed by atoms with Gasteiger partial charge in [-0.05, 0) is 68.7 Å². The molecule has 0 saturated heterocycles. The summed E-state index contributed by atoms with van der Waals surface area (Å²) in [6.07, 6.45) is -0.827. The van der Waals surface area contributed by atoms with Gasteiger partial charge in [-0.1, -0.05) is 23.7 Å². The summed E-state index contributed by atoms with van der Waals surface area (Å²) in [4.78, 5) is 24.8. The number of aromatic nitrogens is 2. The van der Waals surface area contributed by atoms with Gasteiger partial charge >= 0.3 is 0 Å². The van der Waals surface area contributed by atoms with Crippen LogP contribution in [0.5, 0.6) is 5.88 Å². The number of halogens is 1. The molecule has 29 heavy (non-hydrogen) atoms. The Hall–Kier alpha value is -3.12. The molecule has 1 heterocycles. The van der Waals surface area contributed by atoms with E-state index in [1.165, 1.54) is 16.8 Å². The van der Waals surface area contributed by atoms with Gasteiger partial charge in [0.25, 0.3) is 11.5 Å². The summed E-state index contributed by atoms with van der Waals surface area (Å²) in [5.74, 6) is -0.172. The third kappa shape index (κ3) is 4.84. The number of rotatable bonds is 5. The van der Waals surface area contributed by atoms with E-state index in [0.29, 0.717) is 16.4 Å². The maximum absolute atomic E-state index is 12.5. The average molecular weight is 412 g/mol. The Labute approximate surface area is 174 Å². The lowest BCUT2D eigenvalue weighted by Gasteiger charge is -2.16. The highest BCUT2D eigenvalue weighted by Crippen LogP contribution is 2.21. The number of aryl methyl sites for hydroxylation is 3. The van der Waals surface area contributed by atoms with Crippen LogP contribution in [0.15, 0.2) is 53.3 Å². The van der Waals surface area contributed by atoms with Crippen LogP contribution in [0.2, 0.25) is 5.02 Å². The second-order valence-corrected chi connectivity index (χ2v) is 7.34. The zero-order valence-electron chi connectivity index (χ0n) is 16.7. The van der Waals surface area contributed by atoms with Gasteiger partial charge in [-0.2, -0.15) is 4.68 Å². The molecule has 7 heteroatoms. The van der Waals surface area contributed by atoms with Crippen LogP contribution in [-0.4, -0.2) is 21.8 Å². The first kappa shape index (κ1) is 20.6. The lowest BCUT2D eigenvalue weighted by atomic mass is 10.1. The zero-order valence-corrected chi connectivity index (χ0v) is 17.4. The standard InChI is InChI=1S/C22H22ClN3O3/c1-13-6-8-18(11-15(13)3)26-21(27)10-9-20(25-26)29-16(4)22(28)24-19-12-17(23)7-5-14(19)2/h5-12,16H,1-4H3,(H,24,28)/t16-/m0/s1. The number of carbonyl (C=O) groups is 1. The molecule has 0 spiro atoms. The molecule has 1 amide bonds. The normalized spacial score (nSPS) is 11.8. The highest BCUT2D eigenvalue weighted by molar-refractivity contribution is 6.31. The van der Waals surface area contributed by atoms with Gasteiger partial charge in [0.15, 0.2) is 6.10 Å². The molecule has 1 N–H and O–H groups in total. The van der Waals surface area contributed by atoms with Gasteiger partial charge in [0.1, 0.15) is 0 Å². The summed E-state index contributed by atoms with van der Waals surface area (Å²) < 4.78 is 6.93. The number of carbonyl (C=O) groups excluding carboxylic acids is 1. The molecule has 3 rings (SSSR count). The predicted octanol–water partition coefficient (Wildman–Crippen LogP) is 4.22. The van der Waals surface area contributed by atoms with E-state index < -0.39 is 6.10 Å². The zero-order chi connectivity index (χ0) is 21.1. The van der Waals surface area contributed by atoms with Crippen LogP contribution >= 0.6 is 11.6 Å². The van der Waals surface area contributed by atoms with Gasteiger partial charge in [-0.15, -0.1) is 5.10 Å². The van der Waals surface area contributed by atoms with Crippen LogP contribution in [0.3, 0.4) is 0 Å². The van der Waals surface area contributed by atoms with E-state index in [2.05, 4.69) is 10.4 Å². The quantitative estimate of drug-likeness (QED) is 0.682. The number of nitrogens with one attached hydrogen (secondary N) is 1. The molecular weight excluding hydrogens is 390 g/mol. The van der Waals surface area contributed by atoms with Crippen molar-refractivity contribution < 1.29 is 9.53 Å². The van der Waals surface area contributed by atoms with Gasteiger partial charge in [0.2, 0.25) is 5.88 Å². The first-order chi connectivity index (χ1) is 13.7. The minimum absolute atomic E-state index is 0.174. The molecule has 0 aliphatic rings. The SMILES string of the molecule is Cc1ccc(-n2nc(O[C@@H](C)C(=O)Nc3cc(Cl)ccc3C)ccc2=O)cc1C. The van der Waals surface area contributed by atoms with Crippen molar-refractivity contribution in [2.24, 2.45) is 0 Å². The lowest BCUT2D eigenvalue weighted by molar-refractivity contribution is -0.122. The summed E-state index contributed by atoms with van der Waals surface area (Å²) in [6, 6.07) is 13.7. The molecule has 0 fully saturated rings. The summed E-state index contributed by atoms with van der Waals surface area (Å²) in [5, 5.41) is 7.58. The van der Waals surface area contributed by atoms with Crippen molar-refractivity contribution in [1.29, 1.82) is 0 Å². The van der Waals surface area contributed by atoms with Crippen molar-refractivity contribution in [1.82, 2.24) is 9.78 Å². The predicted molar refractivity (Wildman–Crippen MR) is 114 cm³/mol. The first-order valence-corrected chi connectivity index (χ1v) is 9.54. The molecule has 150 valence electrons. The minimum Gasteiger partial charge on any atom is -0.463 e. The van der Waals surface area contributed by atoms with E-state index in [9.17, 15) is 9.59 Å². The van der Waals surface area contributed by atoms with E-state index in [1.807, 2.05) is 45.0 Å². The molecule has 0 saturated carbocycles. The second kappa shape index (κ2) is 8.49. The fourth-order valence-corrected chi connectivity index (χ4v) is 2.87. The molecule has 0 aliphatic heterocycles. The Kier molecular flexibility index (Phi) is 6.03. The number of ether oxygens (including phenoxy) is 1. The molecule has 1 aromatic heterocycles. The Morgan fingerprint density at radius 1 is 1.03 bits per heavy atom. The molecule has 3 aromatic rings. The van der Waals surface area contributed by atoms with E-state index in [4.69, 9.17) is 16.3 Å². The minimum atomic E-state index is -0.827. The first-order valence-electron chi connectivity index (χ1n) is 9.16. The van der Waals surface area contributed by atoms with Crippen LogP contribution in [-0.2, 0) is 4.79 Å². The maximum Gasteiger partial charge on any atom is 0.271 e. The topological polar surface area (TPSA) is 73.2 Å². The monoisotopic (exact) mass is 411 g/mol. The number of anilines is 1. The highest BCUT2D eigenvalue weighted by Gasteiger charge is 2.17. The Morgan fingerprint density at radius 2 is 1.76 bits per heavy atom. The van der Waals surface area contributed by atoms with Gasteiger partial charge in [-0.25, -0.2) is 0 Å². The smallest absolute Gasteiger partial charge is 0.271 e. The van der Waals surface area contributed by atoms with Gasteiger partial charge < -0.3 is 10.1 Å². The van der Waals surface area contributed by atoms with Crippen LogP contribution < -0.4 is 15.6 Å². The lowest BCUT2D eigenvalue weighted by Crippen LogP contribution is -2.31. The molecule has 0 unspecified atom stereocenters. The van der Waals surface area contributed by atoms with Crippen LogP contribution in [0.1, 0.15) is 23.6 Å². The second-order valence-electron chi connectivity index (χ2n) is 6.90. The fraction of sp³-hybridized carbons (Fsp3) is 0.227. The molecule has 1 atom stereocenters. The molecule has 2 aromatic carbocycles. The molecular formula is C22H22ClN3O3. The summed E-state index contributed by atoms with van der Waals surface area (Å²) in [7, 11) is 0. The van der Waals surface area contributed by atoms with Crippen molar-refractivity contribution in [3.8, 4) is 11.6 Å². The molecule has 6 nitrogen and oxygen atoms in total. The van der Waals surface area contributed by atoms with Gasteiger partial charge in [0, 0.05) is 22.8 Å². The van der Waals surface area contributed by atoms with Crippen LogP contribution in [0.4, 0.5) is 5.69 Å². The Balaban J connectivity index is 1.79. The van der Waals surface area contributed by atoms with Crippen molar-refractivity contribution in [3.05, 3.63) is 80.6 Å². The number of hydrogen-bond donors (Lipinski definition) is 1. The third-order valence-electron chi connectivity index (χ3n) is 4.64.